The molecule has 2 heterocycles. The van der Waals surface area contributed by atoms with E-state index in [-0.39, 0.29) is 11.8 Å². The van der Waals surface area contributed by atoms with E-state index in [1.807, 2.05) is 0 Å². The Morgan fingerprint density at radius 3 is 2.50 bits per heavy atom. The number of hydrogen-bond acceptors (Lipinski definition) is 7. The van der Waals surface area contributed by atoms with E-state index in [1.165, 1.54) is 12.1 Å². The van der Waals surface area contributed by atoms with Crippen LogP contribution in [0, 0.1) is 0 Å². The molecule has 0 saturated heterocycles. The van der Waals surface area contributed by atoms with Crippen molar-refractivity contribution >= 4 is 0 Å². The van der Waals surface area contributed by atoms with E-state index < -0.39 is 17.3 Å². The van der Waals surface area contributed by atoms with Gasteiger partial charge in [-0.3, -0.25) is 0 Å². The van der Waals surface area contributed by atoms with E-state index >= 15 is 0 Å². The van der Waals surface area contributed by atoms with Gasteiger partial charge in [-0.1, -0.05) is 0 Å². The molecule has 2 unspecified atom stereocenters. The predicted molar refractivity (Wildman–Crippen MR) is 85.4 cm³/mol. The summed E-state index contributed by atoms with van der Waals surface area (Å²) in [5, 5.41) is 27.7. The van der Waals surface area contributed by atoms with Gasteiger partial charge >= 0.3 is 0 Å². The molecule has 0 spiro atoms. The van der Waals surface area contributed by atoms with Crippen LogP contribution < -0.4 is 14.2 Å². The molecule has 7 nitrogen and oxygen atoms in total. The summed E-state index contributed by atoms with van der Waals surface area (Å²) < 4.78 is 17.1. The first kappa shape index (κ1) is 16.3. The first-order valence-corrected chi connectivity index (χ1v) is 7.53. The van der Waals surface area contributed by atoms with Crippen molar-refractivity contribution in [3.63, 3.8) is 0 Å². The summed E-state index contributed by atoms with van der Waals surface area (Å²) in [4.78, 5) is 0. The Bertz CT molecular complexity index is 743. The van der Waals surface area contributed by atoms with Crippen LogP contribution in [0.15, 0.2) is 30.3 Å². The van der Waals surface area contributed by atoms with Crippen molar-refractivity contribution in [3.05, 3.63) is 35.9 Å². The first-order valence-electron chi connectivity index (χ1n) is 7.53. The minimum Gasteiger partial charge on any atom is -0.497 e. The van der Waals surface area contributed by atoms with Crippen LogP contribution in [0.2, 0.25) is 0 Å². The van der Waals surface area contributed by atoms with Gasteiger partial charge in [-0.05, 0) is 39.0 Å². The molecule has 1 aliphatic rings. The van der Waals surface area contributed by atoms with Crippen LogP contribution in [-0.4, -0.2) is 38.7 Å². The van der Waals surface area contributed by atoms with Crippen molar-refractivity contribution < 1.29 is 24.4 Å². The molecule has 0 saturated carbocycles. The summed E-state index contributed by atoms with van der Waals surface area (Å²) in [6.07, 6.45) is -0.759. The number of aromatic nitrogens is 2. The molecular formula is C17H20N2O5. The Balaban J connectivity index is 2.08. The first-order chi connectivity index (χ1) is 11.2. The molecule has 1 aromatic carbocycles. The molecule has 128 valence electrons. The molecule has 2 aromatic rings. The topological polar surface area (TPSA) is 93.9 Å². The van der Waals surface area contributed by atoms with E-state index in [0.717, 1.165) is 0 Å². The molecule has 0 fully saturated rings. The maximum atomic E-state index is 11.1. The molecule has 1 aliphatic heterocycles. The SMILES string of the molecule is COc1ccc2c(c1)C(Oc1ccc(O)nn1)C(C)(O)C(C)(C)O2. The molecule has 3 rings (SSSR count). The summed E-state index contributed by atoms with van der Waals surface area (Å²) in [5.41, 5.74) is -1.61. The van der Waals surface area contributed by atoms with Gasteiger partial charge in [0.25, 0.3) is 0 Å². The van der Waals surface area contributed by atoms with Crippen molar-refractivity contribution in [1.82, 2.24) is 10.2 Å². The number of hydrogen-bond donors (Lipinski definition) is 2. The van der Waals surface area contributed by atoms with Crippen LogP contribution in [0.3, 0.4) is 0 Å². The highest BCUT2D eigenvalue weighted by atomic mass is 16.6. The summed E-state index contributed by atoms with van der Waals surface area (Å²) in [7, 11) is 1.56. The van der Waals surface area contributed by atoms with Crippen molar-refractivity contribution in [2.75, 3.05) is 7.11 Å². The molecule has 0 amide bonds. The van der Waals surface area contributed by atoms with Crippen molar-refractivity contribution in [2.24, 2.45) is 0 Å². The second-order valence-electron chi connectivity index (χ2n) is 6.39. The Labute approximate surface area is 139 Å². The van der Waals surface area contributed by atoms with Gasteiger partial charge in [0.15, 0.2) is 6.10 Å². The van der Waals surface area contributed by atoms with Gasteiger partial charge in [-0.2, -0.15) is 0 Å². The number of fused-ring (bicyclic) bond motifs is 1. The molecule has 2 N–H and O–H groups in total. The molecule has 2 atom stereocenters. The van der Waals surface area contributed by atoms with E-state index in [9.17, 15) is 10.2 Å². The lowest BCUT2D eigenvalue weighted by Crippen LogP contribution is -2.59. The van der Waals surface area contributed by atoms with Crippen molar-refractivity contribution in [1.29, 1.82) is 0 Å². The van der Waals surface area contributed by atoms with Gasteiger partial charge in [-0.15, -0.1) is 10.2 Å². The number of aliphatic hydroxyl groups is 1. The molecule has 0 radical (unpaired) electrons. The second-order valence-corrected chi connectivity index (χ2v) is 6.39. The van der Waals surface area contributed by atoms with E-state index in [2.05, 4.69) is 10.2 Å². The fourth-order valence-corrected chi connectivity index (χ4v) is 2.62. The van der Waals surface area contributed by atoms with Crippen molar-refractivity contribution in [3.8, 4) is 23.3 Å². The number of benzene rings is 1. The summed E-state index contributed by atoms with van der Waals surface area (Å²) in [5.74, 6) is 1.20. The quantitative estimate of drug-likeness (QED) is 0.890. The van der Waals surface area contributed by atoms with Crippen LogP contribution in [0.1, 0.15) is 32.4 Å². The third-order valence-corrected chi connectivity index (χ3v) is 4.46. The Morgan fingerprint density at radius 2 is 1.88 bits per heavy atom. The van der Waals surface area contributed by atoms with Crippen LogP contribution >= 0.6 is 0 Å². The number of ether oxygens (including phenoxy) is 3. The fourth-order valence-electron chi connectivity index (χ4n) is 2.62. The molecule has 0 aliphatic carbocycles. The monoisotopic (exact) mass is 332 g/mol. The highest BCUT2D eigenvalue weighted by Gasteiger charge is 2.54. The van der Waals surface area contributed by atoms with Crippen molar-refractivity contribution in [2.45, 2.75) is 38.1 Å². The molecular weight excluding hydrogens is 312 g/mol. The summed E-state index contributed by atoms with van der Waals surface area (Å²) in [6, 6.07) is 8.18. The zero-order valence-corrected chi connectivity index (χ0v) is 14.0. The third kappa shape index (κ3) is 2.60. The minimum absolute atomic E-state index is 0.185. The average Bonchev–Trinajstić information content (AvgIpc) is 2.53. The maximum absolute atomic E-state index is 11.1. The lowest BCUT2D eigenvalue weighted by molar-refractivity contribution is -0.175. The average molecular weight is 332 g/mol. The van der Waals surface area contributed by atoms with E-state index in [1.54, 1.807) is 46.1 Å². The van der Waals surface area contributed by atoms with Crippen LogP contribution in [0.5, 0.6) is 23.3 Å². The van der Waals surface area contributed by atoms with Gasteiger partial charge in [0, 0.05) is 17.7 Å². The lowest BCUT2D eigenvalue weighted by Gasteiger charge is -2.48. The van der Waals surface area contributed by atoms with Gasteiger partial charge in [0.05, 0.1) is 7.11 Å². The fraction of sp³-hybridized carbons (Fsp3) is 0.412. The highest BCUT2D eigenvalue weighted by Crippen LogP contribution is 2.48. The Hall–Kier alpha value is -2.54. The smallest absolute Gasteiger partial charge is 0.234 e. The molecule has 1 aromatic heterocycles. The predicted octanol–water partition coefficient (Wildman–Crippen LogP) is 2.23. The standard InChI is InChI=1S/C17H20N2O5/c1-16(2)17(3,21)15(23-14-8-7-13(20)18-19-14)11-9-10(22-4)5-6-12(11)24-16/h5-9,15,21H,1-4H3,(H,18,20). The van der Waals surface area contributed by atoms with Gasteiger partial charge in [-0.25, -0.2) is 0 Å². The molecule has 7 heteroatoms. The van der Waals surface area contributed by atoms with Crippen LogP contribution in [0.4, 0.5) is 0 Å². The Morgan fingerprint density at radius 1 is 1.12 bits per heavy atom. The summed E-state index contributed by atoms with van der Waals surface area (Å²) >= 11 is 0. The number of rotatable bonds is 3. The van der Waals surface area contributed by atoms with Gasteiger partial charge in [0.2, 0.25) is 11.8 Å². The Kier molecular flexibility index (Phi) is 3.76. The number of methoxy groups -OCH3 is 1. The zero-order valence-electron chi connectivity index (χ0n) is 14.0. The normalized spacial score (nSPS) is 24.6. The number of aromatic hydroxyl groups is 1. The minimum atomic E-state index is -1.36. The maximum Gasteiger partial charge on any atom is 0.234 e. The number of nitrogens with zero attached hydrogens (tertiary/aromatic N) is 2. The lowest BCUT2D eigenvalue weighted by atomic mass is 9.77. The van der Waals surface area contributed by atoms with Gasteiger partial charge < -0.3 is 24.4 Å². The second kappa shape index (κ2) is 5.52. The largest absolute Gasteiger partial charge is 0.497 e. The molecule has 24 heavy (non-hydrogen) atoms. The zero-order chi connectivity index (χ0) is 17.5. The van der Waals surface area contributed by atoms with E-state index in [4.69, 9.17) is 14.2 Å². The van der Waals surface area contributed by atoms with E-state index in [0.29, 0.717) is 17.1 Å². The summed E-state index contributed by atoms with van der Waals surface area (Å²) in [6.45, 7) is 5.23. The highest BCUT2D eigenvalue weighted by molar-refractivity contribution is 5.46. The van der Waals surface area contributed by atoms with Crippen LogP contribution in [-0.2, 0) is 0 Å². The van der Waals surface area contributed by atoms with Gasteiger partial charge in [0.1, 0.15) is 22.7 Å². The molecule has 0 bridgehead atoms. The third-order valence-electron chi connectivity index (χ3n) is 4.46. The van der Waals surface area contributed by atoms with Crippen LogP contribution in [0.25, 0.3) is 0 Å².